The molecule has 0 amide bonds. The van der Waals surface area contributed by atoms with Crippen LogP contribution in [0.25, 0.3) is 0 Å². The van der Waals surface area contributed by atoms with Crippen molar-refractivity contribution < 1.29 is 27.8 Å². The van der Waals surface area contributed by atoms with Crippen LogP contribution in [0.4, 0.5) is 13.2 Å². The highest BCUT2D eigenvalue weighted by atomic mass is 19.4. The summed E-state index contributed by atoms with van der Waals surface area (Å²) in [5.41, 5.74) is -0.0548. The molecule has 0 saturated heterocycles. The molecule has 0 aliphatic carbocycles. The third kappa shape index (κ3) is 6.16. The van der Waals surface area contributed by atoms with E-state index >= 15 is 0 Å². The number of carbonyl (C=O) groups excluding carboxylic acids is 1. The van der Waals surface area contributed by atoms with Gasteiger partial charge in [-0.05, 0) is 31.4 Å². The first kappa shape index (κ1) is 17.5. The number of carbonyl (C=O) groups is 1. The van der Waals surface area contributed by atoms with Crippen LogP contribution in [-0.4, -0.2) is 29.5 Å². The molecule has 2 atom stereocenters. The lowest BCUT2D eigenvalue weighted by Crippen LogP contribution is -2.34. The Morgan fingerprint density at radius 3 is 2.57 bits per heavy atom. The maximum atomic E-state index is 12.9. The Bertz CT molecular complexity index is 432. The van der Waals surface area contributed by atoms with Gasteiger partial charge in [0.15, 0.2) is 6.10 Å². The molecule has 2 unspecified atom stereocenters. The highest BCUT2D eigenvalue weighted by Gasteiger charge is 2.42. The lowest BCUT2D eigenvalue weighted by atomic mass is 10.1. The third-order valence-corrected chi connectivity index (χ3v) is 2.93. The Morgan fingerprint density at radius 2 is 2.05 bits per heavy atom. The van der Waals surface area contributed by atoms with Crippen LogP contribution in [0.3, 0.4) is 0 Å². The van der Waals surface area contributed by atoms with Crippen LogP contribution in [0.5, 0.6) is 0 Å². The predicted molar refractivity (Wildman–Crippen MR) is 70.7 cm³/mol. The Hall–Kier alpha value is -1.56. The average molecular weight is 303 g/mol. The highest BCUT2D eigenvalue weighted by molar-refractivity contribution is 5.89. The van der Waals surface area contributed by atoms with Crippen molar-refractivity contribution in [2.75, 3.05) is 0 Å². The molecule has 3 nitrogen and oxygen atoms in total. The zero-order chi connectivity index (χ0) is 15.9. The maximum Gasteiger partial charge on any atom is 0.425 e. The SMILES string of the molecule is CCCC(O)CCC(OC(=O)c1[c]cccc1)C(F)(F)F. The van der Waals surface area contributed by atoms with Gasteiger partial charge < -0.3 is 9.84 Å². The van der Waals surface area contributed by atoms with Crippen LogP contribution in [0.2, 0.25) is 0 Å². The van der Waals surface area contributed by atoms with E-state index in [0.717, 1.165) is 0 Å². The third-order valence-electron chi connectivity index (χ3n) is 2.93. The first-order chi connectivity index (χ1) is 9.84. The summed E-state index contributed by atoms with van der Waals surface area (Å²) in [6.07, 6.45) is -7.11. The molecular weight excluding hydrogens is 285 g/mol. The van der Waals surface area contributed by atoms with Crippen molar-refractivity contribution >= 4 is 5.97 Å². The Morgan fingerprint density at radius 1 is 1.33 bits per heavy atom. The van der Waals surface area contributed by atoms with Gasteiger partial charge in [-0.3, -0.25) is 0 Å². The average Bonchev–Trinajstić information content (AvgIpc) is 2.43. The summed E-state index contributed by atoms with van der Waals surface area (Å²) in [4.78, 5) is 11.7. The fraction of sp³-hybridized carbons (Fsp3) is 0.533. The van der Waals surface area contributed by atoms with Crippen molar-refractivity contribution in [2.45, 2.75) is 51.0 Å². The summed E-state index contributed by atoms with van der Waals surface area (Å²) in [5, 5.41) is 9.50. The second kappa shape index (κ2) is 8.02. The molecule has 21 heavy (non-hydrogen) atoms. The van der Waals surface area contributed by atoms with E-state index in [4.69, 9.17) is 0 Å². The minimum atomic E-state index is -4.66. The van der Waals surface area contributed by atoms with E-state index in [9.17, 15) is 23.1 Å². The molecule has 1 aromatic rings. The van der Waals surface area contributed by atoms with Crippen LogP contribution in [0.1, 0.15) is 43.0 Å². The number of benzene rings is 1. The predicted octanol–water partition coefficient (Wildman–Crippen LogP) is 3.52. The molecule has 0 fully saturated rings. The second-order valence-corrected chi connectivity index (χ2v) is 4.73. The summed E-state index contributed by atoms with van der Waals surface area (Å²) >= 11 is 0. The van der Waals surface area contributed by atoms with Gasteiger partial charge >= 0.3 is 12.1 Å². The molecule has 6 heteroatoms. The number of alkyl halides is 3. The summed E-state index contributed by atoms with van der Waals surface area (Å²) < 4.78 is 43.1. The molecule has 0 saturated carbocycles. The van der Waals surface area contributed by atoms with Gasteiger partial charge in [-0.25, -0.2) is 4.79 Å². The topological polar surface area (TPSA) is 46.5 Å². The van der Waals surface area contributed by atoms with Crippen molar-refractivity contribution in [3.63, 3.8) is 0 Å². The lowest BCUT2D eigenvalue weighted by molar-refractivity contribution is -0.207. The standard InChI is InChI=1S/C15H18F3O3/c1-2-6-12(19)9-10-13(15(16,17)18)21-14(20)11-7-4-3-5-8-11/h3-5,7,12-13,19H,2,6,9-10H2,1H3. The smallest absolute Gasteiger partial charge is 0.425 e. The van der Waals surface area contributed by atoms with E-state index in [1.807, 2.05) is 6.92 Å². The summed E-state index contributed by atoms with van der Waals surface area (Å²) in [6, 6.07) is 8.39. The number of rotatable bonds is 7. The summed E-state index contributed by atoms with van der Waals surface area (Å²) in [6.45, 7) is 1.83. The van der Waals surface area contributed by atoms with Gasteiger partial charge in [0.25, 0.3) is 0 Å². The van der Waals surface area contributed by atoms with Gasteiger partial charge in [0.2, 0.25) is 0 Å². The van der Waals surface area contributed by atoms with Gasteiger partial charge in [-0.2, -0.15) is 13.2 Å². The summed E-state index contributed by atoms with van der Waals surface area (Å²) in [5.74, 6) is -1.07. The number of aliphatic hydroxyl groups is 1. The second-order valence-electron chi connectivity index (χ2n) is 4.73. The van der Waals surface area contributed by atoms with Gasteiger partial charge in [-0.1, -0.05) is 31.5 Å². The fourth-order valence-corrected chi connectivity index (χ4v) is 1.82. The van der Waals surface area contributed by atoms with Crippen molar-refractivity contribution in [3.8, 4) is 0 Å². The Balaban J connectivity index is 2.64. The number of esters is 1. The first-order valence-electron chi connectivity index (χ1n) is 6.77. The van der Waals surface area contributed by atoms with Crippen LogP contribution >= 0.6 is 0 Å². The van der Waals surface area contributed by atoms with Crippen molar-refractivity contribution in [1.29, 1.82) is 0 Å². The molecule has 0 aliphatic rings. The molecule has 1 radical (unpaired) electrons. The molecule has 117 valence electrons. The Kier molecular flexibility index (Phi) is 6.68. The highest BCUT2D eigenvalue weighted by Crippen LogP contribution is 2.28. The van der Waals surface area contributed by atoms with Crippen LogP contribution in [-0.2, 0) is 4.74 Å². The van der Waals surface area contributed by atoms with Crippen molar-refractivity contribution in [2.24, 2.45) is 0 Å². The zero-order valence-corrected chi connectivity index (χ0v) is 11.7. The van der Waals surface area contributed by atoms with Gasteiger partial charge in [0.1, 0.15) is 0 Å². The molecule has 0 aliphatic heterocycles. The van der Waals surface area contributed by atoms with E-state index < -0.39 is 30.8 Å². The number of ether oxygens (including phenoxy) is 1. The molecule has 0 bridgehead atoms. The number of aliphatic hydroxyl groups excluding tert-OH is 1. The van der Waals surface area contributed by atoms with E-state index in [1.54, 1.807) is 6.07 Å². The van der Waals surface area contributed by atoms with E-state index in [0.29, 0.717) is 12.8 Å². The molecule has 0 heterocycles. The fourth-order valence-electron chi connectivity index (χ4n) is 1.82. The summed E-state index contributed by atoms with van der Waals surface area (Å²) in [7, 11) is 0. The van der Waals surface area contributed by atoms with Crippen LogP contribution < -0.4 is 0 Å². The lowest BCUT2D eigenvalue weighted by Gasteiger charge is -2.21. The van der Waals surface area contributed by atoms with Crippen molar-refractivity contribution in [3.05, 3.63) is 35.9 Å². The zero-order valence-electron chi connectivity index (χ0n) is 11.7. The molecule has 0 spiro atoms. The van der Waals surface area contributed by atoms with Crippen LogP contribution in [0.15, 0.2) is 24.3 Å². The molecular formula is C15H18F3O3. The minimum absolute atomic E-state index is 0.0548. The van der Waals surface area contributed by atoms with E-state index in [1.165, 1.54) is 18.2 Å². The molecule has 0 aromatic heterocycles. The molecule has 1 N–H and O–H groups in total. The van der Waals surface area contributed by atoms with Crippen molar-refractivity contribution in [1.82, 2.24) is 0 Å². The molecule has 1 aromatic carbocycles. The van der Waals surface area contributed by atoms with E-state index in [2.05, 4.69) is 10.8 Å². The largest absolute Gasteiger partial charge is 0.449 e. The number of hydrogen-bond donors (Lipinski definition) is 1. The first-order valence-corrected chi connectivity index (χ1v) is 6.77. The monoisotopic (exact) mass is 303 g/mol. The number of halogens is 3. The van der Waals surface area contributed by atoms with Gasteiger partial charge in [0, 0.05) is 0 Å². The van der Waals surface area contributed by atoms with Crippen LogP contribution in [0, 0.1) is 6.07 Å². The van der Waals surface area contributed by atoms with E-state index in [-0.39, 0.29) is 12.0 Å². The minimum Gasteiger partial charge on any atom is -0.449 e. The quantitative estimate of drug-likeness (QED) is 0.784. The Labute approximate surface area is 121 Å². The van der Waals surface area contributed by atoms with Gasteiger partial charge in [-0.15, -0.1) is 0 Å². The normalized spacial score (nSPS) is 14.5. The number of hydrogen-bond acceptors (Lipinski definition) is 3. The van der Waals surface area contributed by atoms with Gasteiger partial charge in [0.05, 0.1) is 11.7 Å². The molecule has 1 rings (SSSR count). The maximum absolute atomic E-state index is 12.9.